The minimum Gasteiger partial charge on any atom is -0.507 e. The first-order chi connectivity index (χ1) is 12.0. The number of hydrogen-bond donors (Lipinski definition) is 2. The van der Waals surface area contributed by atoms with Crippen molar-refractivity contribution >= 4 is 5.91 Å². The Balaban J connectivity index is 1.83. The molecule has 1 atom stereocenters. The molecule has 1 heterocycles. The van der Waals surface area contributed by atoms with E-state index in [1.54, 1.807) is 0 Å². The summed E-state index contributed by atoms with van der Waals surface area (Å²) in [7, 11) is 0. The van der Waals surface area contributed by atoms with Gasteiger partial charge in [0, 0.05) is 18.7 Å². The molecular formula is C19H20F2N2O2. The molecule has 0 bridgehead atoms. The first-order valence-corrected chi connectivity index (χ1v) is 8.31. The molecule has 0 aliphatic carbocycles. The molecule has 6 heteroatoms. The van der Waals surface area contributed by atoms with E-state index in [1.165, 1.54) is 0 Å². The summed E-state index contributed by atoms with van der Waals surface area (Å²) >= 11 is 0. The van der Waals surface area contributed by atoms with E-state index < -0.39 is 28.9 Å². The second-order valence-electron chi connectivity index (χ2n) is 6.23. The number of likely N-dealkylation sites (tertiary alicyclic amines) is 1. The average molecular weight is 346 g/mol. The topological polar surface area (TPSA) is 52.6 Å². The molecule has 4 nitrogen and oxygen atoms in total. The second-order valence-corrected chi connectivity index (χ2v) is 6.23. The van der Waals surface area contributed by atoms with Gasteiger partial charge >= 0.3 is 0 Å². The summed E-state index contributed by atoms with van der Waals surface area (Å²) in [5.41, 5.74) is 0.355. The Labute approximate surface area is 145 Å². The number of nitrogens with zero attached hydrogens (tertiary/aromatic N) is 1. The van der Waals surface area contributed by atoms with Gasteiger partial charge in [0.25, 0.3) is 5.91 Å². The van der Waals surface area contributed by atoms with Gasteiger partial charge in [-0.05, 0) is 31.5 Å². The van der Waals surface area contributed by atoms with Crippen molar-refractivity contribution in [3.63, 3.8) is 0 Å². The van der Waals surface area contributed by atoms with Crippen molar-refractivity contribution in [2.24, 2.45) is 0 Å². The molecule has 1 amide bonds. The largest absolute Gasteiger partial charge is 0.507 e. The van der Waals surface area contributed by atoms with E-state index in [9.17, 15) is 18.7 Å². The van der Waals surface area contributed by atoms with E-state index in [1.807, 2.05) is 30.3 Å². The number of benzene rings is 2. The van der Waals surface area contributed by atoms with E-state index >= 15 is 0 Å². The summed E-state index contributed by atoms with van der Waals surface area (Å²) in [5.74, 6) is -3.47. The van der Waals surface area contributed by atoms with Crippen LogP contribution in [0.5, 0.6) is 5.75 Å². The van der Waals surface area contributed by atoms with Crippen molar-refractivity contribution in [3.8, 4) is 5.75 Å². The molecule has 2 N–H and O–H groups in total. The molecule has 3 rings (SSSR count). The smallest absolute Gasteiger partial charge is 0.258 e. The molecule has 0 spiro atoms. The number of carbonyl (C=O) groups is 1. The molecule has 1 aliphatic heterocycles. The number of rotatable bonds is 5. The van der Waals surface area contributed by atoms with Crippen LogP contribution in [0.15, 0.2) is 42.5 Å². The van der Waals surface area contributed by atoms with Crippen LogP contribution >= 0.6 is 0 Å². The monoisotopic (exact) mass is 346 g/mol. The number of carbonyl (C=O) groups excluding carboxylic acids is 1. The average Bonchev–Trinajstić information content (AvgIpc) is 3.07. The Morgan fingerprint density at radius 2 is 1.84 bits per heavy atom. The number of hydrogen-bond acceptors (Lipinski definition) is 3. The first kappa shape index (κ1) is 17.4. The Morgan fingerprint density at radius 3 is 2.48 bits per heavy atom. The van der Waals surface area contributed by atoms with Gasteiger partial charge in [0.2, 0.25) is 0 Å². The number of halogens is 2. The van der Waals surface area contributed by atoms with Crippen molar-refractivity contribution in [1.82, 2.24) is 10.2 Å². The van der Waals surface area contributed by atoms with Crippen LogP contribution in [0.1, 0.15) is 34.8 Å². The molecule has 0 aromatic heterocycles. The SMILES string of the molecule is O=C(N[C@@H](CN1CCCC1)c1ccccc1)c1c(O)cc(F)cc1F. The van der Waals surface area contributed by atoms with Gasteiger partial charge in [-0.1, -0.05) is 30.3 Å². The predicted molar refractivity (Wildman–Crippen MR) is 90.3 cm³/mol. The minimum absolute atomic E-state index is 0.351. The normalized spacial score (nSPS) is 15.9. The molecule has 2 aromatic carbocycles. The molecule has 1 fully saturated rings. The lowest BCUT2D eigenvalue weighted by Crippen LogP contribution is -2.37. The van der Waals surface area contributed by atoms with Crippen molar-refractivity contribution < 1.29 is 18.7 Å². The third kappa shape index (κ3) is 4.14. The van der Waals surface area contributed by atoms with Crippen LogP contribution in [-0.4, -0.2) is 35.5 Å². The summed E-state index contributed by atoms with van der Waals surface area (Å²) in [4.78, 5) is 14.7. The van der Waals surface area contributed by atoms with Crippen LogP contribution in [0.25, 0.3) is 0 Å². The van der Waals surface area contributed by atoms with Crippen LogP contribution in [0, 0.1) is 11.6 Å². The summed E-state index contributed by atoms with van der Waals surface area (Å²) in [6.45, 7) is 2.50. The molecular weight excluding hydrogens is 326 g/mol. The summed E-state index contributed by atoms with van der Waals surface area (Å²) in [6.07, 6.45) is 2.23. The van der Waals surface area contributed by atoms with Crippen molar-refractivity contribution in [1.29, 1.82) is 0 Å². The maximum absolute atomic E-state index is 13.9. The second kappa shape index (κ2) is 7.61. The number of phenolic OH excluding ortho intramolecular Hbond substituents is 1. The minimum atomic E-state index is -1.08. The van der Waals surface area contributed by atoms with Crippen LogP contribution in [-0.2, 0) is 0 Å². The fourth-order valence-corrected chi connectivity index (χ4v) is 3.16. The Bertz CT molecular complexity index is 723. The molecule has 1 saturated heterocycles. The Hall–Kier alpha value is -2.47. The Kier molecular flexibility index (Phi) is 5.28. The van der Waals surface area contributed by atoms with E-state index in [0.717, 1.165) is 37.6 Å². The lowest BCUT2D eigenvalue weighted by atomic mass is 10.1. The maximum Gasteiger partial charge on any atom is 0.258 e. The Morgan fingerprint density at radius 1 is 1.16 bits per heavy atom. The molecule has 0 saturated carbocycles. The van der Waals surface area contributed by atoms with E-state index in [2.05, 4.69) is 10.2 Å². The molecule has 132 valence electrons. The highest BCUT2D eigenvalue weighted by Gasteiger charge is 2.24. The molecule has 2 aromatic rings. The van der Waals surface area contributed by atoms with E-state index in [0.29, 0.717) is 12.6 Å². The molecule has 0 unspecified atom stereocenters. The van der Waals surface area contributed by atoms with Crippen LogP contribution < -0.4 is 5.32 Å². The highest BCUT2D eigenvalue weighted by molar-refractivity contribution is 5.97. The molecule has 0 radical (unpaired) electrons. The third-order valence-electron chi connectivity index (χ3n) is 4.41. The van der Waals surface area contributed by atoms with Crippen LogP contribution in [0.4, 0.5) is 8.78 Å². The maximum atomic E-state index is 13.9. The van der Waals surface area contributed by atoms with Gasteiger partial charge in [-0.3, -0.25) is 4.79 Å². The van der Waals surface area contributed by atoms with Crippen molar-refractivity contribution in [2.75, 3.05) is 19.6 Å². The lowest BCUT2D eigenvalue weighted by Gasteiger charge is -2.25. The summed E-state index contributed by atoms with van der Waals surface area (Å²) in [5, 5.41) is 12.5. The van der Waals surface area contributed by atoms with Gasteiger partial charge < -0.3 is 15.3 Å². The standard InChI is InChI=1S/C19H20F2N2O2/c20-14-10-15(21)18(17(24)11-14)19(25)22-16(12-23-8-4-5-9-23)13-6-2-1-3-7-13/h1-3,6-7,10-11,16,24H,4-5,8-9,12H2,(H,22,25)/t16-/m0/s1. The zero-order valence-electron chi connectivity index (χ0n) is 13.7. The van der Waals surface area contributed by atoms with Crippen molar-refractivity contribution in [3.05, 3.63) is 65.2 Å². The van der Waals surface area contributed by atoms with Gasteiger partial charge in [0.15, 0.2) is 0 Å². The van der Waals surface area contributed by atoms with E-state index in [-0.39, 0.29) is 6.04 Å². The fourth-order valence-electron chi connectivity index (χ4n) is 3.16. The number of aromatic hydroxyl groups is 1. The van der Waals surface area contributed by atoms with Crippen LogP contribution in [0.3, 0.4) is 0 Å². The number of amides is 1. The molecule has 25 heavy (non-hydrogen) atoms. The summed E-state index contributed by atoms with van der Waals surface area (Å²) in [6, 6.07) is 10.4. The van der Waals surface area contributed by atoms with Gasteiger partial charge in [-0.15, -0.1) is 0 Å². The quantitative estimate of drug-likeness (QED) is 0.874. The van der Waals surface area contributed by atoms with Crippen LogP contribution in [0.2, 0.25) is 0 Å². The third-order valence-corrected chi connectivity index (χ3v) is 4.41. The van der Waals surface area contributed by atoms with Gasteiger partial charge in [-0.2, -0.15) is 0 Å². The number of nitrogens with one attached hydrogen (secondary N) is 1. The molecule has 1 aliphatic rings. The highest BCUT2D eigenvalue weighted by Crippen LogP contribution is 2.24. The zero-order valence-corrected chi connectivity index (χ0v) is 13.7. The predicted octanol–water partition coefficient (Wildman–Crippen LogP) is 3.24. The van der Waals surface area contributed by atoms with Gasteiger partial charge in [-0.25, -0.2) is 8.78 Å². The summed E-state index contributed by atoms with van der Waals surface area (Å²) < 4.78 is 27.1. The van der Waals surface area contributed by atoms with E-state index in [4.69, 9.17) is 0 Å². The highest BCUT2D eigenvalue weighted by atomic mass is 19.1. The fraction of sp³-hybridized carbons (Fsp3) is 0.316. The zero-order chi connectivity index (χ0) is 17.8. The lowest BCUT2D eigenvalue weighted by molar-refractivity contribution is 0.0920. The van der Waals surface area contributed by atoms with Crippen molar-refractivity contribution in [2.45, 2.75) is 18.9 Å². The number of phenols is 1. The van der Waals surface area contributed by atoms with Gasteiger partial charge in [0.1, 0.15) is 22.9 Å². The van der Waals surface area contributed by atoms with Gasteiger partial charge in [0.05, 0.1) is 6.04 Å². The first-order valence-electron chi connectivity index (χ1n) is 8.31.